The SMILES string of the molecule is CCCCC(Cc1ncnn1C(C)C)NCC. The number of unbranched alkanes of at least 4 members (excludes halogenated alkanes) is 1. The van der Waals surface area contributed by atoms with Gasteiger partial charge in [0, 0.05) is 18.5 Å². The Morgan fingerprint density at radius 1 is 1.35 bits per heavy atom. The molecule has 0 aliphatic rings. The predicted molar refractivity (Wildman–Crippen MR) is 71.1 cm³/mol. The van der Waals surface area contributed by atoms with Crippen molar-refractivity contribution in [1.29, 1.82) is 0 Å². The molecule has 1 atom stereocenters. The van der Waals surface area contributed by atoms with Gasteiger partial charge in [0.2, 0.25) is 0 Å². The first-order valence-corrected chi connectivity index (χ1v) is 6.80. The highest BCUT2D eigenvalue weighted by Gasteiger charge is 2.13. The molecule has 0 bridgehead atoms. The van der Waals surface area contributed by atoms with Gasteiger partial charge < -0.3 is 5.32 Å². The van der Waals surface area contributed by atoms with Crippen molar-refractivity contribution in [2.75, 3.05) is 6.54 Å². The van der Waals surface area contributed by atoms with Crippen LogP contribution < -0.4 is 5.32 Å². The maximum absolute atomic E-state index is 4.38. The van der Waals surface area contributed by atoms with Gasteiger partial charge in [0.05, 0.1) is 0 Å². The molecule has 1 N–H and O–H groups in total. The first kappa shape index (κ1) is 14.2. The highest BCUT2D eigenvalue weighted by molar-refractivity contribution is 4.91. The second-order valence-corrected chi connectivity index (χ2v) is 4.82. The second-order valence-electron chi connectivity index (χ2n) is 4.82. The van der Waals surface area contributed by atoms with Gasteiger partial charge in [-0.15, -0.1) is 0 Å². The van der Waals surface area contributed by atoms with Crippen LogP contribution in [0.15, 0.2) is 6.33 Å². The van der Waals surface area contributed by atoms with E-state index in [1.54, 1.807) is 6.33 Å². The minimum absolute atomic E-state index is 0.390. The zero-order valence-electron chi connectivity index (χ0n) is 11.6. The summed E-state index contributed by atoms with van der Waals surface area (Å²) in [6.45, 7) is 9.70. The zero-order chi connectivity index (χ0) is 12.7. The average Bonchev–Trinajstić information content (AvgIpc) is 2.74. The van der Waals surface area contributed by atoms with Crippen molar-refractivity contribution >= 4 is 0 Å². The molecule has 1 heterocycles. The van der Waals surface area contributed by atoms with Gasteiger partial charge >= 0.3 is 0 Å². The summed E-state index contributed by atoms with van der Waals surface area (Å²) in [6.07, 6.45) is 6.38. The van der Waals surface area contributed by atoms with Gasteiger partial charge in [-0.2, -0.15) is 5.10 Å². The van der Waals surface area contributed by atoms with E-state index in [4.69, 9.17) is 0 Å². The third-order valence-corrected chi connectivity index (χ3v) is 2.96. The first-order chi connectivity index (χ1) is 8.19. The molecule has 1 aromatic rings. The molecule has 0 aliphatic carbocycles. The van der Waals surface area contributed by atoms with Crippen LogP contribution in [0.1, 0.15) is 58.8 Å². The normalized spacial score (nSPS) is 13.2. The van der Waals surface area contributed by atoms with Crippen LogP contribution >= 0.6 is 0 Å². The molecule has 1 aromatic heterocycles. The van der Waals surface area contributed by atoms with Gasteiger partial charge in [-0.25, -0.2) is 9.67 Å². The van der Waals surface area contributed by atoms with Crippen molar-refractivity contribution in [3.05, 3.63) is 12.2 Å². The lowest BCUT2D eigenvalue weighted by Crippen LogP contribution is -2.32. The first-order valence-electron chi connectivity index (χ1n) is 6.80. The van der Waals surface area contributed by atoms with Crippen molar-refractivity contribution < 1.29 is 0 Å². The third-order valence-electron chi connectivity index (χ3n) is 2.96. The number of rotatable bonds is 8. The van der Waals surface area contributed by atoms with Crippen LogP contribution in [0.4, 0.5) is 0 Å². The molecule has 4 nitrogen and oxygen atoms in total. The van der Waals surface area contributed by atoms with Crippen LogP contribution in [-0.4, -0.2) is 27.4 Å². The number of likely N-dealkylation sites (N-methyl/N-ethyl adjacent to an activating group) is 1. The van der Waals surface area contributed by atoms with E-state index in [0.717, 1.165) is 18.8 Å². The van der Waals surface area contributed by atoms with Crippen LogP contribution in [0.3, 0.4) is 0 Å². The summed E-state index contributed by atoms with van der Waals surface area (Å²) in [7, 11) is 0. The van der Waals surface area contributed by atoms with Gasteiger partial charge in [-0.1, -0.05) is 26.7 Å². The van der Waals surface area contributed by atoms with Crippen molar-refractivity contribution in [2.24, 2.45) is 0 Å². The lowest BCUT2D eigenvalue weighted by molar-refractivity contribution is 0.435. The minimum Gasteiger partial charge on any atom is -0.314 e. The van der Waals surface area contributed by atoms with Gasteiger partial charge in [-0.05, 0) is 26.8 Å². The summed E-state index contributed by atoms with van der Waals surface area (Å²) >= 11 is 0. The summed E-state index contributed by atoms with van der Waals surface area (Å²) in [6, 6.07) is 0.919. The molecule has 1 unspecified atom stereocenters. The highest BCUT2D eigenvalue weighted by Crippen LogP contribution is 2.10. The Hall–Kier alpha value is -0.900. The maximum atomic E-state index is 4.38. The Morgan fingerprint density at radius 2 is 2.12 bits per heavy atom. The van der Waals surface area contributed by atoms with Gasteiger partial charge in [0.15, 0.2) is 0 Å². The Bertz CT molecular complexity index is 306. The van der Waals surface area contributed by atoms with Crippen molar-refractivity contribution in [2.45, 2.75) is 65.5 Å². The number of aromatic nitrogens is 3. The molecule has 98 valence electrons. The molecule has 0 saturated heterocycles. The zero-order valence-corrected chi connectivity index (χ0v) is 11.6. The molecule has 0 aliphatic heterocycles. The van der Waals surface area contributed by atoms with Crippen LogP contribution in [0.2, 0.25) is 0 Å². The molecular weight excluding hydrogens is 212 g/mol. The lowest BCUT2D eigenvalue weighted by Gasteiger charge is -2.18. The van der Waals surface area contributed by atoms with E-state index in [9.17, 15) is 0 Å². The summed E-state index contributed by atoms with van der Waals surface area (Å²) in [5.74, 6) is 1.10. The smallest absolute Gasteiger partial charge is 0.138 e. The van der Waals surface area contributed by atoms with E-state index in [-0.39, 0.29) is 0 Å². The molecule has 0 fully saturated rings. The van der Waals surface area contributed by atoms with E-state index >= 15 is 0 Å². The summed E-state index contributed by atoms with van der Waals surface area (Å²) in [5, 5.41) is 7.83. The maximum Gasteiger partial charge on any atom is 0.138 e. The largest absolute Gasteiger partial charge is 0.314 e. The van der Waals surface area contributed by atoms with Crippen molar-refractivity contribution in [1.82, 2.24) is 20.1 Å². The molecule has 0 amide bonds. The van der Waals surface area contributed by atoms with Crippen LogP contribution in [0.25, 0.3) is 0 Å². The fourth-order valence-electron chi connectivity index (χ4n) is 2.09. The molecular formula is C13H26N4. The van der Waals surface area contributed by atoms with E-state index in [0.29, 0.717) is 12.1 Å². The number of nitrogens with one attached hydrogen (secondary N) is 1. The minimum atomic E-state index is 0.390. The predicted octanol–water partition coefficient (Wildman–Crippen LogP) is 2.57. The Balaban J connectivity index is 2.61. The molecule has 4 heteroatoms. The quantitative estimate of drug-likeness (QED) is 0.757. The lowest BCUT2D eigenvalue weighted by atomic mass is 10.1. The summed E-state index contributed by atoms with van der Waals surface area (Å²) in [5.41, 5.74) is 0. The van der Waals surface area contributed by atoms with Gasteiger partial charge in [0.25, 0.3) is 0 Å². The number of hydrogen-bond acceptors (Lipinski definition) is 3. The fourth-order valence-corrected chi connectivity index (χ4v) is 2.09. The van der Waals surface area contributed by atoms with E-state index in [1.807, 2.05) is 4.68 Å². The van der Waals surface area contributed by atoms with E-state index < -0.39 is 0 Å². The van der Waals surface area contributed by atoms with E-state index in [1.165, 1.54) is 19.3 Å². The molecule has 17 heavy (non-hydrogen) atoms. The number of nitrogens with zero attached hydrogens (tertiary/aromatic N) is 3. The standard InChI is InChI=1S/C13H26N4/c1-5-7-8-12(14-6-2)9-13-15-10-16-17(13)11(3)4/h10-12,14H,5-9H2,1-4H3. The Kier molecular flexibility index (Phi) is 6.19. The second kappa shape index (κ2) is 7.43. The van der Waals surface area contributed by atoms with Crippen molar-refractivity contribution in [3.8, 4) is 0 Å². The molecule has 1 rings (SSSR count). The van der Waals surface area contributed by atoms with Crippen LogP contribution in [0.5, 0.6) is 0 Å². The Morgan fingerprint density at radius 3 is 2.71 bits per heavy atom. The Labute approximate surface area is 105 Å². The molecule has 0 spiro atoms. The molecule has 0 radical (unpaired) electrons. The van der Waals surface area contributed by atoms with Crippen LogP contribution in [0, 0.1) is 0 Å². The van der Waals surface area contributed by atoms with E-state index in [2.05, 4.69) is 43.1 Å². The van der Waals surface area contributed by atoms with Crippen LogP contribution in [-0.2, 0) is 6.42 Å². The molecule has 0 aromatic carbocycles. The number of hydrogen-bond donors (Lipinski definition) is 1. The summed E-state index contributed by atoms with van der Waals surface area (Å²) < 4.78 is 2.02. The molecule has 0 saturated carbocycles. The van der Waals surface area contributed by atoms with Gasteiger partial charge in [-0.3, -0.25) is 0 Å². The fraction of sp³-hybridized carbons (Fsp3) is 0.846. The van der Waals surface area contributed by atoms with Gasteiger partial charge in [0.1, 0.15) is 12.2 Å². The average molecular weight is 238 g/mol. The van der Waals surface area contributed by atoms with Crippen molar-refractivity contribution in [3.63, 3.8) is 0 Å². The monoisotopic (exact) mass is 238 g/mol. The summed E-state index contributed by atoms with van der Waals surface area (Å²) in [4.78, 5) is 4.38. The highest BCUT2D eigenvalue weighted by atomic mass is 15.3. The third kappa shape index (κ3) is 4.46. The topological polar surface area (TPSA) is 42.7 Å².